The molecule has 0 aromatic carbocycles. The van der Waals surface area contributed by atoms with Crippen LogP contribution < -0.4 is 10.2 Å². The van der Waals surface area contributed by atoms with Gasteiger partial charge in [-0.3, -0.25) is 0 Å². The number of anilines is 2. The quantitative estimate of drug-likeness (QED) is 0.939. The van der Waals surface area contributed by atoms with Gasteiger partial charge in [0.05, 0.1) is 30.5 Å². The molecular weight excluding hydrogens is 300 g/mol. The lowest BCUT2D eigenvalue weighted by Crippen LogP contribution is -2.36. The summed E-state index contributed by atoms with van der Waals surface area (Å²) in [6.45, 7) is 5.84. The van der Waals surface area contributed by atoms with E-state index in [1.54, 1.807) is 6.20 Å². The van der Waals surface area contributed by atoms with E-state index < -0.39 is 0 Å². The van der Waals surface area contributed by atoms with Gasteiger partial charge >= 0.3 is 0 Å². The van der Waals surface area contributed by atoms with Gasteiger partial charge in [0.15, 0.2) is 0 Å². The SMILES string of the molecule is Cc1ccnc(NCc2cccc(N3CCOCC3)n2)c1Cl. The van der Waals surface area contributed by atoms with Crippen molar-refractivity contribution in [2.45, 2.75) is 13.5 Å². The van der Waals surface area contributed by atoms with Gasteiger partial charge in [-0.25, -0.2) is 9.97 Å². The summed E-state index contributed by atoms with van der Waals surface area (Å²) in [5, 5.41) is 3.91. The largest absolute Gasteiger partial charge is 0.378 e. The highest BCUT2D eigenvalue weighted by molar-refractivity contribution is 6.33. The van der Waals surface area contributed by atoms with Crippen LogP contribution in [0.15, 0.2) is 30.5 Å². The fourth-order valence-electron chi connectivity index (χ4n) is 2.37. The van der Waals surface area contributed by atoms with Crippen LogP contribution in [0.1, 0.15) is 11.3 Å². The van der Waals surface area contributed by atoms with Crippen molar-refractivity contribution in [2.24, 2.45) is 0 Å². The Bertz CT molecular complexity index is 644. The molecule has 116 valence electrons. The van der Waals surface area contributed by atoms with Crippen LogP contribution in [0.25, 0.3) is 0 Å². The molecule has 22 heavy (non-hydrogen) atoms. The van der Waals surface area contributed by atoms with Crippen LogP contribution in [0.4, 0.5) is 11.6 Å². The maximum Gasteiger partial charge on any atom is 0.145 e. The minimum absolute atomic E-state index is 0.592. The monoisotopic (exact) mass is 318 g/mol. The van der Waals surface area contributed by atoms with Crippen molar-refractivity contribution in [2.75, 3.05) is 36.5 Å². The van der Waals surface area contributed by atoms with Crippen molar-refractivity contribution in [3.8, 4) is 0 Å². The number of pyridine rings is 2. The maximum atomic E-state index is 6.24. The molecule has 1 saturated heterocycles. The zero-order chi connectivity index (χ0) is 15.4. The summed E-state index contributed by atoms with van der Waals surface area (Å²) in [6.07, 6.45) is 1.75. The van der Waals surface area contributed by atoms with Crippen LogP contribution in [0.2, 0.25) is 5.02 Å². The molecule has 1 aliphatic rings. The lowest BCUT2D eigenvalue weighted by atomic mass is 10.3. The highest BCUT2D eigenvalue weighted by Gasteiger charge is 2.12. The van der Waals surface area contributed by atoms with Crippen LogP contribution in [0.5, 0.6) is 0 Å². The van der Waals surface area contributed by atoms with Gasteiger partial charge in [0, 0.05) is 19.3 Å². The summed E-state index contributed by atoms with van der Waals surface area (Å²) in [7, 11) is 0. The fourth-order valence-corrected chi connectivity index (χ4v) is 2.55. The Morgan fingerprint density at radius 2 is 2.09 bits per heavy atom. The molecule has 2 aromatic rings. The van der Waals surface area contributed by atoms with Crippen LogP contribution in [0, 0.1) is 6.92 Å². The molecule has 6 heteroatoms. The second kappa shape index (κ2) is 6.94. The van der Waals surface area contributed by atoms with E-state index in [0.29, 0.717) is 17.4 Å². The van der Waals surface area contributed by atoms with E-state index in [-0.39, 0.29) is 0 Å². The zero-order valence-corrected chi connectivity index (χ0v) is 13.3. The smallest absolute Gasteiger partial charge is 0.145 e. The van der Waals surface area contributed by atoms with E-state index in [2.05, 4.69) is 15.2 Å². The van der Waals surface area contributed by atoms with E-state index in [1.807, 2.05) is 31.2 Å². The summed E-state index contributed by atoms with van der Waals surface area (Å²) in [5.74, 6) is 1.69. The van der Waals surface area contributed by atoms with Crippen molar-refractivity contribution in [1.82, 2.24) is 9.97 Å². The first-order valence-corrected chi connectivity index (χ1v) is 7.75. The van der Waals surface area contributed by atoms with Gasteiger partial charge in [0.2, 0.25) is 0 Å². The van der Waals surface area contributed by atoms with Crippen LogP contribution in [0.3, 0.4) is 0 Å². The first-order valence-electron chi connectivity index (χ1n) is 7.37. The topological polar surface area (TPSA) is 50.3 Å². The molecule has 0 aliphatic carbocycles. The van der Waals surface area contributed by atoms with Gasteiger partial charge in [0.1, 0.15) is 11.6 Å². The Balaban J connectivity index is 1.69. The normalized spacial score (nSPS) is 14.9. The zero-order valence-electron chi connectivity index (χ0n) is 12.6. The average molecular weight is 319 g/mol. The molecule has 3 rings (SSSR count). The molecule has 1 fully saturated rings. The Morgan fingerprint density at radius 1 is 1.27 bits per heavy atom. The molecule has 5 nitrogen and oxygen atoms in total. The molecule has 0 radical (unpaired) electrons. The maximum absolute atomic E-state index is 6.24. The number of morpholine rings is 1. The minimum Gasteiger partial charge on any atom is -0.378 e. The third kappa shape index (κ3) is 3.48. The van der Waals surface area contributed by atoms with Crippen molar-refractivity contribution < 1.29 is 4.74 Å². The number of nitrogens with zero attached hydrogens (tertiary/aromatic N) is 3. The Labute approximate surface area is 135 Å². The van der Waals surface area contributed by atoms with Gasteiger partial charge in [-0.05, 0) is 30.7 Å². The lowest BCUT2D eigenvalue weighted by Gasteiger charge is -2.28. The number of aromatic nitrogens is 2. The average Bonchev–Trinajstić information content (AvgIpc) is 2.57. The van der Waals surface area contributed by atoms with E-state index in [0.717, 1.165) is 43.4 Å². The molecule has 0 unspecified atom stereocenters. The summed E-state index contributed by atoms with van der Waals surface area (Å²) in [4.78, 5) is 11.2. The number of nitrogens with one attached hydrogen (secondary N) is 1. The Hall–Kier alpha value is -1.85. The van der Waals surface area contributed by atoms with E-state index in [9.17, 15) is 0 Å². The standard InChI is InChI=1S/C16H19ClN4O/c1-12-5-6-18-16(15(12)17)19-11-13-3-2-4-14(20-13)21-7-9-22-10-8-21/h2-6H,7-11H2,1H3,(H,18,19). The highest BCUT2D eigenvalue weighted by atomic mass is 35.5. The van der Waals surface area contributed by atoms with E-state index in [4.69, 9.17) is 21.3 Å². The molecule has 0 atom stereocenters. The third-order valence-electron chi connectivity index (χ3n) is 3.65. The summed E-state index contributed by atoms with van der Waals surface area (Å²) < 4.78 is 5.38. The Kier molecular flexibility index (Phi) is 4.75. The predicted molar refractivity (Wildman–Crippen MR) is 88.6 cm³/mol. The highest BCUT2D eigenvalue weighted by Crippen LogP contribution is 2.23. The minimum atomic E-state index is 0.592. The number of aryl methyl sites for hydroxylation is 1. The molecule has 1 N–H and O–H groups in total. The number of hydrogen-bond acceptors (Lipinski definition) is 5. The third-order valence-corrected chi connectivity index (χ3v) is 4.12. The second-order valence-corrected chi connectivity index (χ2v) is 5.61. The van der Waals surface area contributed by atoms with Crippen molar-refractivity contribution in [1.29, 1.82) is 0 Å². The fraction of sp³-hybridized carbons (Fsp3) is 0.375. The van der Waals surface area contributed by atoms with Gasteiger partial charge in [0.25, 0.3) is 0 Å². The van der Waals surface area contributed by atoms with Crippen molar-refractivity contribution in [3.05, 3.63) is 46.7 Å². The van der Waals surface area contributed by atoms with Crippen molar-refractivity contribution >= 4 is 23.2 Å². The summed E-state index contributed by atoms with van der Waals surface area (Å²) >= 11 is 6.24. The van der Waals surface area contributed by atoms with Gasteiger partial charge in [-0.1, -0.05) is 17.7 Å². The van der Waals surface area contributed by atoms with Crippen LogP contribution in [-0.2, 0) is 11.3 Å². The second-order valence-electron chi connectivity index (χ2n) is 5.23. The molecule has 0 saturated carbocycles. The predicted octanol–water partition coefficient (Wildman–Crippen LogP) is 2.89. The molecule has 1 aliphatic heterocycles. The number of halogens is 1. The van der Waals surface area contributed by atoms with Gasteiger partial charge in [-0.15, -0.1) is 0 Å². The summed E-state index contributed by atoms with van der Waals surface area (Å²) in [5.41, 5.74) is 1.97. The Morgan fingerprint density at radius 3 is 2.91 bits per heavy atom. The van der Waals surface area contributed by atoms with Crippen molar-refractivity contribution in [3.63, 3.8) is 0 Å². The molecule has 0 bridgehead atoms. The molecule has 0 amide bonds. The first-order chi connectivity index (χ1) is 10.7. The number of hydrogen-bond donors (Lipinski definition) is 1. The molecular formula is C16H19ClN4O. The molecule has 3 heterocycles. The van der Waals surface area contributed by atoms with Crippen LogP contribution in [-0.4, -0.2) is 36.3 Å². The van der Waals surface area contributed by atoms with Gasteiger partial charge in [-0.2, -0.15) is 0 Å². The van der Waals surface area contributed by atoms with Crippen LogP contribution >= 0.6 is 11.6 Å². The van der Waals surface area contributed by atoms with E-state index in [1.165, 1.54) is 0 Å². The lowest BCUT2D eigenvalue weighted by molar-refractivity contribution is 0.122. The molecule has 0 spiro atoms. The van der Waals surface area contributed by atoms with Gasteiger partial charge < -0.3 is 15.0 Å². The number of rotatable bonds is 4. The van der Waals surface area contributed by atoms with E-state index >= 15 is 0 Å². The molecule has 2 aromatic heterocycles. The first kappa shape index (κ1) is 15.1. The summed E-state index contributed by atoms with van der Waals surface area (Å²) in [6, 6.07) is 7.96. The number of ether oxygens (including phenoxy) is 1.